The molecule has 0 radical (unpaired) electrons. The van der Waals surface area contributed by atoms with Crippen molar-refractivity contribution in [2.45, 2.75) is 20.4 Å². The predicted molar refractivity (Wildman–Crippen MR) is 118 cm³/mol. The van der Waals surface area contributed by atoms with Crippen molar-refractivity contribution in [3.63, 3.8) is 0 Å². The Bertz CT molecular complexity index is 1300. The number of aromatic nitrogens is 3. The Hall–Kier alpha value is -3.45. The first-order chi connectivity index (χ1) is 14.0. The average Bonchev–Trinajstić information content (AvgIpc) is 3.27. The normalized spacial score (nSPS) is 11.0. The van der Waals surface area contributed by atoms with E-state index in [4.69, 9.17) is 0 Å². The van der Waals surface area contributed by atoms with Crippen molar-refractivity contribution < 1.29 is 4.79 Å². The number of carbonyl (C=O) groups excluding carboxylic acids is 1. The molecule has 146 valence electrons. The standard InChI is InChI=1S/C22H20N4O2S/c1-4-9-26-13(2)10-16(14(26)3)19-12-29-22(24-19)25-21(28)17-11-15-7-5-6-8-18(15)23-20(17)27/h4-8,10-12H,1,9H2,2-3H3,(H,23,27)(H,24,25,28). The molecule has 4 aromatic rings. The topological polar surface area (TPSA) is 79.8 Å². The number of para-hydroxylation sites is 1. The third-order valence-electron chi connectivity index (χ3n) is 4.88. The molecule has 0 fully saturated rings. The highest BCUT2D eigenvalue weighted by Gasteiger charge is 2.16. The fraction of sp³-hybridized carbons (Fsp3) is 0.136. The Morgan fingerprint density at radius 3 is 2.90 bits per heavy atom. The maximum Gasteiger partial charge on any atom is 0.263 e. The molecular weight excluding hydrogens is 384 g/mol. The number of amides is 1. The Labute approximate surface area is 171 Å². The van der Waals surface area contributed by atoms with Crippen LogP contribution in [-0.2, 0) is 6.54 Å². The number of hydrogen-bond acceptors (Lipinski definition) is 4. The summed E-state index contributed by atoms with van der Waals surface area (Å²) in [4.78, 5) is 32.2. The van der Waals surface area contributed by atoms with Crippen LogP contribution in [0.15, 0.2) is 59.2 Å². The van der Waals surface area contributed by atoms with E-state index in [2.05, 4.69) is 32.5 Å². The zero-order chi connectivity index (χ0) is 20.5. The Balaban J connectivity index is 1.61. The summed E-state index contributed by atoms with van der Waals surface area (Å²) in [7, 11) is 0. The van der Waals surface area contributed by atoms with Crippen LogP contribution < -0.4 is 10.9 Å². The lowest BCUT2D eigenvalue weighted by atomic mass is 10.1. The molecule has 7 heteroatoms. The Kier molecular flexibility index (Phi) is 4.90. The van der Waals surface area contributed by atoms with Gasteiger partial charge in [-0.2, -0.15) is 0 Å². The van der Waals surface area contributed by atoms with Gasteiger partial charge in [-0.05, 0) is 37.4 Å². The molecule has 0 saturated heterocycles. The fourth-order valence-electron chi connectivity index (χ4n) is 3.41. The van der Waals surface area contributed by atoms with Crippen molar-refractivity contribution >= 4 is 33.3 Å². The van der Waals surface area contributed by atoms with Crippen LogP contribution in [0.1, 0.15) is 21.7 Å². The van der Waals surface area contributed by atoms with Crippen molar-refractivity contribution in [2.75, 3.05) is 5.32 Å². The SMILES string of the molecule is C=CCn1c(C)cc(-c2csc(NC(=O)c3cc4ccccc4[nH]c3=O)n2)c1C. The van der Waals surface area contributed by atoms with Crippen molar-refractivity contribution in [1.29, 1.82) is 0 Å². The van der Waals surface area contributed by atoms with Crippen molar-refractivity contribution in [3.05, 3.63) is 81.7 Å². The summed E-state index contributed by atoms with van der Waals surface area (Å²) < 4.78 is 2.16. The number of thiazole rings is 1. The molecule has 4 rings (SSSR count). The van der Waals surface area contributed by atoms with E-state index in [9.17, 15) is 9.59 Å². The van der Waals surface area contributed by atoms with Gasteiger partial charge in [0.15, 0.2) is 5.13 Å². The fourth-order valence-corrected chi connectivity index (χ4v) is 4.11. The minimum Gasteiger partial charge on any atom is -0.345 e. The molecule has 0 bridgehead atoms. The van der Waals surface area contributed by atoms with Crippen LogP contribution >= 0.6 is 11.3 Å². The number of anilines is 1. The minimum atomic E-state index is -0.477. The minimum absolute atomic E-state index is 0.0598. The molecule has 3 heterocycles. The first kappa shape index (κ1) is 18.9. The first-order valence-electron chi connectivity index (χ1n) is 9.15. The smallest absolute Gasteiger partial charge is 0.263 e. The maximum atomic E-state index is 12.7. The molecule has 0 saturated carbocycles. The van der Waals surface area contributed by atoms with E-state index in [0.717, 1.165) is 34.6 Å². The lowest BCUT2D eigenvalue weighted by molar-refractivity contribution is 0.102. The summed E-state index contributed by atoms with van der Waals surface area (Å²) in [5.41, 5.74) is 4.36. The molecule has 0 aliphatic rings. The number of pyridine rings is 1. The molecule has 29 heavy (non-hydrogen) atoms. The number of fused-ring (bicyclic) bond motifs is 1. The molecule has 0 unspecified atom stereocenters. The van der Waals surface area contributed by atoms with Gasteiger partial charge < -0.3 is 9.55 Å². The zero-order valence-corrected chi connectivity index (χ0v) is 17.0. The maximum absolute atomic E-state index is 12.7. The molecular formula is C22H20N4O2S. The van der Waals surface area contributed by atoms with E-state index >= 15 is 0 Å². The summed E-state index contributed by atoms with van der Waals surface area (Å²) in [6, 6.07) is 11.0. The van der Waals surface area contributed by atoms with E-state index in [1.54, 1.807) is 12.1 Å². The first-order valence-corrected chi connectivity index (χ1v) is 10.0. The molecule has 0 aliphatic carbocycles. The Morgan fingerprint density at radius 2 is 2.10 bits per heavy atom. The molecule has 0 spiro atoms. The quantitative estimate of drug-likeness (QED) is 0.480. The summed E-state index contributed by atoms with van der Waals surface area (Å²) in [6.45, 7) is 8.62. The highest BCUT2D eigenvalue weighted by atomic mass is 32.1. The predicted octanol–water partition coefficient (Wildman–Crippen LogP) is 4.51. The van der Waals surface area contributed by atoms with Crippen LogP contribution in [0.5, 0.6) is 0 Å². The molecule has 3 aromatic heterocycles. The van der Waals surface area contributed by atoms with Gasteiger partial charge in [-0.1, -0.05) is 24.3 Å². The molecule has 1 amide bonds. The van der Waals surface area contributed by atoms with Gasteiger partial charge in [-0.25, -0.2) is 4.98 Å². The third kappa shape index (κ3) is 3.52. The van der Waals surface area contributed by atoms with Crippen LogP contribution in [0.2, 0.25) is 0 Å². The van der Waals surface area contributed by atoms with Gasteiger partial charge in [0.2, 0.25) is 0 Å². The number of allylic oxidation sites excluding steroid dienone is 1. The van der Waals surface area contributed by atoms with Crippen molar-refractivity contribution in [1.82, 2.24) is 14.5 Å². The second kappa shape index (κ2) is 7.52. The number of rotatable bonds is 5. The van der Waals surface area contributed by atoms with Gasteiger partial charge in [0.25, 0.3) is 11.5 Å². The highest BCUT2D eigenvalue weighted by molar-refractivity contribution is 7.14. The number of hydrogen-bond donors (Lipinski definition) is 2. The largest absolute Gasteiger partial charge is 0.345 e. The van der Waals surface area contributed by atoms with Gasteiger partial charge >= 0.3 is 0 Å². The van der Waals surface area contributed by atoms with Gasteiger partial charge in [0.1, 0.15) is 5.56 Å². The number of nitrogens with one attached hydrogen (secondary N) is 2. The van der Waals surface area contributed by atoms with E-state index in [1.165, 1.54) is 11.3 Å². The lowest BCUT2D eigenvalue weighted by Crippen LogP contribution is -2.22. The molecule has 0 atom stereocenters. The van der Waals surface area contributed by atoms with Crippen LogP contribution in [-0.4, -0.2) is 20.4 Å². The van der Waals surface area contributed by atoms with Gasteiger partial charge in [-0.3, -0.25) is 14.9 Å². The van der Waals surface area contributed by atoms with E-state index < -0.39 is 11.5 Å². The van der Waals surface area contributed by atoms with E-state index in [1.807, 2.05) is 43.5 Å². The van der Waals surface area contributed by atoms with Crippen LogP contribution in [0, 0.1) is 13.8 Å². The second-order valence-corrected chi connectivity index (χ2v) is 7.63. The monoisotopic (exact) mass is 404 g/mol. The molecule has 6 nitrogen and oxygen atoms in total. The molecule has 0 aliphatic heterocycles. The highest BCUT2D eigenvalue weighted by Crippen LogP contribution is 2.30. The number of H-pyrrole nitrogens is 1. The van der Waals surface area contributed by atoms with Crippen LogP contribution in [0.25, 0.3) is 22.2 Å². The number of aryl methyl sites for hydroxylation is 1. The number of aromatic amines is 1. The number of nitrogens with zero attached hydrogens (tertiary/aromatic N) is 2. The van der Waals surface area contributed by atoms with Crippen LogP contribution in [0.3, 0.4) is 0 Å². The number of carbonyl (C=O) groups is 1. The number of benzene rings is 1. The second-order valence-electron chi connectivity index (χ2n) is 6.78. The molecule has 1 aromatic carbocycles. The van der Waals surface area contributed by atoms with E-state index in [0.29, 0.717) is 10.6 Å². The van der Waals surface area contributed by atoms with Crippen LogP contribution in [0.4, 0.5) is 5.13 Å². The summed E-state index contributed by atoms with van der Waals surface area (Å²) >= 11 is 1.33. The Morgan fingerprint density at radius 1 is 1.31 bits per heavy atom. The van der Waals surface area contributed by atoms with Gasteiger partial charge in [0, 0.05) is 34.4 Å². The third-order valence-corrected chi connectivity index (χ3v) is 5.64. The average molecular weight is 404 g/mol. The van der Waals surface area contributed by atoms with Crippen molar-refractivity contribution in [2.24, 2.45) is 0 Å². The van der Waals surface area contributed by atoms with Gasteiger partial charge in [-0.15, -0.1) is 17.9 Å². The van der Waals surface area contributed by atoms with Gasteiger partial charge in [0.05, 0.1) is 5.69 Å². The summed E-state index contributed by atoms with van der Waals surface area (Å²) in [5.74, 6) is -0.477. The molecule has 2 N–H and O–H groups in total. The summed E-state index contributed by atoms with van der Waals surface area (Å²) in [5, 5.41) is 5.90. The summed E-state index contributed by atoms with van der Waals surface area (Å²) in [6.07, 6.45) is 1.86. The lowest BCUT2D eigenvalue weighted by Gasteiger charge is -2.05. The zero-order valence-electron chi connectivity index (χ0n) is 16.2. The van der Waals surface area contributed by atoms with E-state index in [-0.39, 0.29) is 5.56 Å². The van der Waals surface area contributed by atoms with Crippen molar-refractivity contribution in [3.8, 4) is 11.3 Å².